The van der Waals surface area contributed by atoms with Crippen LogP contribution in [0.5, 0.6) is 0 Å². The minimum atomic E-state index is 0.752. The molecule has 0 saturated heterocycles. The van der Waals surface area contributed by atoms with Crippen LogP contribution in [-0.4, -0.2) is 4.98 Å². The van der Waals surface area contributed by atoms with E-state index in [0.29, 0.717) is 0 Å². The van der Waals surface area contributed by atoms with Gasteiger partial charge in [0.05, 0.1) is 5.52 Å². The maximum absolute atomic E-state index is 6.00. The van der Waals surface area contributed by atoms with E-state index in [-0.39, 0.29) is 0 Å². The normalized spacial score (nSPS) is 11.1. The van der Waals surface area contributed by atoms with Crippen molar-refractivity contribution in [1.29, 1.82) is 0 Å². The summed E-state index contributed by atoms with van der Waals surface area (Å²) in [6.07, 6.45) is 1.85. The Morgan fingerprint density at radius 3 is 2.33 bits per heavy atom. The predicted molar refractivity (Wildman–Crippen MR) is 89.7 cm³/mol. The van der Waals surface area contributed by atoms with Gasteiger partial charge >= 0.3 is 0 Å². The van der Waals surface area contributed by atoms with E-state index in [1.54, 1.807) is 0 Å². The number of rotatable bonds is 1. The molecule has 0 unspecified atom stereocenters. The summed E-state index contributed by atoms with van der Waals surface area (Å²) >= 11 is 6.00. The molecule has 1 nitrogen and oxygen atoms in total. The molecule has 0 aliphatic heterocycles. The third-order valence-electron chi connectivity index (χ3n) is 3.77. The third-order valence-corrected chi connectivity index (χ3v) is 4.02. The van der Waals surface area contributed by atoms with Gasteiger partial charge < -0.3 is 0 Å². The Morgan fingerprint density at radius 1 is 0.714 bits per heavy atom. The van der Waals surface area contributed by atoms with E-state index in [1.165, 1.54) is 16.3 Å². The maximum atomic E-state index is 6.00. The molecule has 3 aromatic carbocycles. The molecule has 2 heteroatoms. The zero-order valence-corrected chi connectivity index (χ0v) is 12.0. The zero-order chi connectivity index (χ0) is 14.2. The lowest BCUT2D eigenvalue weighted by molar-refractivity contribution is 1.43. The summed E-state index contributed by atoms with van der Waals surface area (Å²) < 4.78 is 0. The van der Waals surface area contributed by atoms with E-state index in [9.17, 15) is 0 Å². The number of nitrogens with zero attached hydrogens (tertiary/aromatic N) is 1. The van der Waals surface area contributed by atoms with E-state index in [0.717, 1.165) is 21.5 Å². The van der Waals surface area contributed by atoms with Crippen molar-refractivity contribution < 1.29 is 0 Å². The summed E-state index contributed by atoms with van der Waals surface area (Å²) in [5.74, 6) is 0. The molecule has 21 heavy (non-hydrogen) atoms. The van der Waals surface area contributed by atoms with Crippen LogP contribution in [0.1, 0.15) is 0 Å². The minimum Gasteiger partial charge on any atom is -0.256 e. The molecule has 0 amide bonds. The molecule has 1 heterocycles. The van der Waals surface area contributed by atoms with E-state index >= 15 is 0 Å². The fourth-order valence-corrected chi connectivity index (χ4v) is 2.91. The van der Waals surface area contributed by atoms with Crippen LogP contribution in [0.4, 0.5) is 0 Å². The highest BCUT2D eigenvalue weighted by atomic mass is 35.5. The molecular weight excluding hydrogens is 278 g/mol. The second-order valence-electron chi connectivity index (χ2n) is 5.05. The van der Waals surface area contributed by atoms with Crippen molar-refractivity contribution in [2.45, 2.75) is 0 Å². The number of halogens is 1. The summed E-state index contributed by atoms with van der Waals surface area (Å²) in [4.78, 5) is 4.59. The number of pyridine rings is 1. The second-order valence-corrected chi connectivity index (χ2v) is 5.49. The van der Waals surface area contributed by atoms with E-state index in [2.05, 4.69) is 53.5 Å². The van der Waals surface area contributed by atoms with Gasteiger partial charge in [0.2, 0.25) is 0 Å². The van der Waals surface area contributed by atoms with Gasteiger partial charge in [-0.1, -0.05) is 60.1 Å². The van der Waals surface area contributed by atoms with E-state index < -0.39 is 0 Å². The number of aromatic nitrogens is 1. The minimum absolute atomic E-state index is 0.752. The monoisotopic (exact) mass is 289 g/mol. The molecule has 0 radical (unpaired) electrons. The van der Waals surface area contributed by atoms with Crippen LogP contribution in [-0.2, 0) is 0 Å². The Balaban J connectivity index is 2.13. The zero-order valence-electron chi connectivity index (χ0n) is 11.3. The SMILES string of the molecule is Clc1ccc(-c2cccc3ccc4cccnc4c23)cc1. The molecule has 100 valence electrons. The number of benzene rings is 3. The van der Waals surface area contributed by atoms with E-state index in [4.69, 9.17) is 11.6 Å². The largest absolute Gasteiger partial charge is 0.256 e. The highest BCUT2D eigenvalue weighted by Gasteiger charge is 2.08. The molecule has 0 aliphatic carbocycles. The highest BCUT2D eigenvalue weighted by Crippen LogP contribution is 2.33. The summed E-state index contributed by atoms with van der Waals surface area (Å²) in [7, 11) is 0. The molecule has 0 aliphatic rings. The number of hydrogen-bond donors (Lipinski definition) is 0. The quantitative estimate of drug-likeness (QED) is 0.409. The lowest BCUT2D eigenvalue weighted by Gasteiger charge is -2.09. The van der Waals surface area contributed by atoms with Gasteiger partial charge in [-0.05, 0) is 34.7 Å². The van der Waals surface area contributed by atoms with Crippen molar-refractivity contribution in [3.63, 3.8) is 0 Å². The first kappa shape index (κ1) is 12.4. The third kappa shape index (κ3) is 2.07. The highest BCUT2D eigenvalue weighted by molar-refractivity contribution is 6.30. The van der Waals surface area contributed by atoms with Crippen LogP contribution < -0.4 is 0 Å². The summed E-state index contributed by atoms with van der Waals surface area (Å²) in [5, 5.41) is 4.31. The first-order valence-electron chi connectivity index (χ1n) is 6.85. The van der Waals surface area contributed by atoms with Crippen LogP contribution in [0.3, 0.4) is 0 Å². The molecule has 0 N–H and O–H groups in total. The van der Waals surface area contributed by atoms with Gasteiger partial charge in [0, 0.05) is 22.0 Å². The standard InChI is InChI=1S/C19H12ClN/c20-16-10-8-13(9-11-16)17-5-1-3-14-6-7-15-4-2-12-21-19(15)18(14)17/h1-12H. The average Bonchev–Trinajstić information content (AvgIpc) is 2.55. The van der Waals surface area contributed by atoms with Crippen molar-refractivity contribution in [1.82, 2.24) is 4.98 Å². The Labute approximate surface area is 127 Å². The lowest BCUT2D eigenvalue weighted by Crippen LogP contribution is -1.85. The fraction of sp³-hybridized carbons (Fsp3) is 0. The molecular formula is C19H12ClN. The van der Waals surface area contributed by atoms with Gasteiger partial charge in [0.25, 0.3) is 0 Å². The summed E-state index contributed by atoms with van der Waals surface area (Å²) in [5.41, 5.74) is 3.39. The van der Waals surface area contributed by atoms with Gasteiger partial charge in [-0.15, -0.1) is 0 Å². The van der Waals surface area contributed by atoms with Crippen LogP contribution in [0.25, 0.3) is 32.8 Å². The molecule has 0 spiro atoms. The Hall–Kier alpha value is -2.38. The molecule has 0 atom stereocenters. The van der Waals surface area contributed by atoms with Crippen molar-refractivity contribution in [3.8, 4) is 11.1 Å². The van der Waals surface area contributed by atoms with Gasteiger partial charge in [-0.2, -0.15) is 0 Å². The van der Waals surface area contributed by atoms with Gasteiger partial charge in [-0.25, -0.2) is 0 Å². The van der Waals surface area contributed by atoms with Gasteiger partial charge in [-0.3, -0.25) is 4.98 Å². The predicted octanol–water partition coefficient (Wildman–Crippen LogP) is 5.71. The molecule has 4 rings (SSSR count). The van der Waals surface area contributed by atoms with E-state index in [1.807, 2.05) is 24.4 Å². The molecule has 0 bridgehead atoms. The van der Waals surface area contributed by atoms with Gasteiger partial charge in [0.15, 0.2) is 0 Å². The lowest BCUT2D eigenvalue weighted by atomic mass is 9.96. The Kier molecular flexibility index (Phi) is 2.87. The average molecular weight is 290 g/mol. The fourth-order valence-electron chi connectivity index (χ4n) is 2.78. The maximum Gasteiger partial charge on any atom is 0.0786 e. The van der Waals surface area contributed by atoms with Crippen molar-refractivity contribution in [2.75, 3.05) is 0 Å². The van der Waals surface area contributed by atoms with Crippen molar-refractivity contribution >= 4 is 33.3 Å². The number of fused-ring (bicyclic) bond motifs is 3. The topological polar surface area (TPSA) is 12.9 Å². The van der Waals surface area contributed by atoms with Crippen LogP contribution in [0.2, 0.25) is 5.02 Å². The first-order valence-corrected chi connectivity index (χ1v) is 7.23. The summed E-state index contributed by atoms with van der Waals surface area (Å²) in [6.45, 7) is 0. The summed E-state index contributed by atoms with van der Waals surface area (Å²) in [6, 6.07) is 22.7. The second kappa shape index (κ2) is 4.87. The Morgan fingerprint density at radius 2 is 1.48 bits per heavy atom. The smallest absolute Gasteiger partial charge is 0.0786 e. The Bertz CT molecular complexity index is 942. The van der Waals surface area contributed by atoms with Crippen LogP contribution in [0.15, 0.2) is 72.9 Å². The molecule has 1 aromatic heterocycles. The van der Waals surface area contributed by atoms with Gasteiger partial charge in [0.1, 0.15) is 0 Å². The molecule has 0 fully saturated rings. The molecule has 4 aromatic rings. The van der Waals surface area contributed by atoms with Crippen LogP contribution >= 0.6 is 11.6 Å². The van der Waals surface area contributed by atoms with Crippen LogP contribution in [0, 0.1) is 0 Å². The van der Waals surface area contributed by atoms with Crippen molar-refractivity contribution in [3.05, 3.63) is 77.9 Å². The first-order chi connectivity index (χ1) is 10.3. The van der Waals surface area contributed by atoms with Crippen molar-refractivity contribution in [2.24, 2.45) is 0 Å². The number of hydrogen-bond acceptors (Lipinski definition) is 1. The molecule has 0 saturated carbocycles.